The Labute approximate surface area is 115 Å². The highest BCUT2D eigenvalue weighted by molar-refractivity contribution is 7.15. The van der Waals surface area contributed by atoms with E-state index in [4.69, 9.17) is 11.5 Å². The van der Waals surface area contributed by atoms with Crippen molar-refractivity contribution in [2.45, 2.75) is 13.3 Å². The van der Waals surface area contributed by atoms with E-state index in [-0.39, 0.29) is 6.42 Å². The molecule has 19 heavy (non-hydrogen) atoms. The molecule has 0 aliphatic carbocycles. The van der Waals surface area contributed by atoms with E-state index in [1.165, 1.54) is 11.3 Å². The summed E-state index contributed by atoms with van der Waals surface area (Å²) in [5.74, 6) is 5.18. The van der Waals surface area contributed by atoms with E-state index in [1.54, 1.807) is 0 Å². The predicted molar refractivity (Wildman–Crippen MR) is 77.4 cm³/mol. The molecule has 0 fully saturated rings. The van der Waals surface area contributed by atoms with Crippen LogP contribution < -0.4 is 11.5 Å². The van der Waals surface area contributed by atoms with E-state index >= 15 is 0 Å². The molecule has 0 saturated heterocycles. The summed E-state index contributed by atoms with van der Waals surface area (Å²) >= 11 is 1.47. The zero-order valence-electron chi connectivity index (χ0n) is 10.4. The lowest BCUT2D eigenvalue weighted by Gasteiger charge is -1.98. The molecular formula is C14H13N3OS. The molecular weight excluding hydrogens is 258 g/mol. The minimum atomic E-state index is -0.419. The number of hydrogen-bond acceptors (Lipinski definition) is 4. The van der Waals surface area contributed by atoms with Crippen LogP contribution in [-0.2, 0) is 4.79 Å². The van der Waals surface area contributed by atoms with E-state index in [9.17, 15) is 4.79 Å². The van der Waals surface area contributed by atoms with Gasteiger partial charge < -0.3 is 11.5 Å². The number of rotatable bonds is 2. The highest BCUT2D eigenvalue weighted by Gasteiger charge is 2.07. The topological polar surface area (TPSA) is 82.0 Å². The predicted octanol–water partition coefficient (Wildman–Crippen LogP) is 1.93. The Balaban J connectivity index is 2.20. The van der Waals surface area contributed by atoms with E-state index in [2.05, 4.69) is 16.8 Å². The Bertz CT molecular complexity index is 662. The molecule has 1 aromatic carbocycles. The molecule has 2 rings (SSSR count). The van der Waals surface area contributed by atoms with Gasteiger partial charge in [-0.25, -0.2) is 4.98 Å². The number of nitrogens with zero attached hydrogens (tertiary/aromatic N) is 1. The molecule has 0 aliphatic rings. The first kappa shape index (κ1) is 13.1. The van der Waals surface area contributed by atoms with E-state index in [1.807, 2.05) is 31.2 Å². The maximum Gasteiger partial charge on any atom is 0.229 e. The van der Waals surface area contributed by atoms with Crippen molar-refractivity contribution in [2.75, 3.05) is 5.73 Å². The summed E-state index contributed by atoms with van der Waals surface area (Å²) in [6.07, 6.45) is 0.0729. The van der Waals surface area contributed by atoms with Crippen LogP contribution in [0.5, 0.6) is 0 Å². The number of carbonyl (C=O) groups excluding carboxylic acids is 1. The van der Waals surface area contributed by atoms with Crippen LogP contribution in [0.25, 0.3) is 11.3 Å². The summed E-state index contributed by atoms with van der Waals surface area (Å²) in [4.78, 5) is 16.0. The summed E-state index contributed by atoms with van der Waals surface area (Å²) in [5, 5.41) is 0.567. The Morgan fingerprint density at radius 2 is 2.05 bits per heavy atom. The molecule has 0 saturated carbocycles. The first-order valence-electron chi connectivity index (χ1n) is 5.67. The van der Waals surface area contributed by atoms with Crippen LogP contribution in [0.15, 0.2) is 24.3 Å². The van der Waals surface area contributed by atoms with Crippen LogP contribution >= 0.6 is 11.3 Å². The number of thiazole rings is 1. The van der Waals surface area contributed by atoms with Gasteiger partial charge in [0.2, 0.25) is 5.91 Å². The van der Waals surface area contributed by atoms with Gasteiger partial charge in [-0.1, -0.05) is 24.0 Å². The van der Waals surface area contributed by atoms with E-state index in [0.29, 0.717) is 5.13 Å². The minimum absolute atomic E-state index is 0.0729. The van der Waals surface area contributed by atoms with E-state index in [0.717, 1.165) is 21.7 Å². The van der Waals surface area contributed by atoms with Crippen molar-refractivity contribution in [2.24, 2.45) is 5.73 Å². The number of carbonyl (C=O) groups is 1. The lowest BCUT2D eigenvalue weighted by atomic mass is 10.1. The largest absolute Gasteiger partial charge is 0.375 e. The van der Waals surface area contributed by atoms with Gasteiger partial charge in [0.1, 0.15) is 0 Å². The first-order valence-corrected chi connectivity index (χ1v) is 6.48. The van der Waals surface area contributed by atoms with Crippen LogP contribution in [0, 0.1) is 18.8 Å². The van der Waals surface area contributed by atoms with Gasteiger partial charge in [-0.15, -0.1) is 11.3 Å². The molecule has 0 atom stereocenters. The van der Waals surface area contributed by atoms with Gasteiger partial charge in [-0.2, -0.15) is 0 Å². The fraction of sp³-hybridized carbons (Fsp3) is 0.143. The number of hydrogen-bond donors (Lipinski definition) is 2. The van der Waals surface area contributed by atoms with Crippen molar-refractivity contribution in [1.29, 1.82) is 0 Å². The molecule has 96 valence electrons. The quantitative estimate of drug-likeness (QED) is 0.819. The van der Waals surface area contributed by atoms with Crippen LogP contribution in [0.2, 0.25) is 0 Å². The molecule has 1 amide bonds. The second-order valence-corrected chi connectivity index (χ2v) is 5.21. The third-order valence-electron chi connectivity index (χ3n) is 2.47. The van der Waals surface area contributed by atoms with Crippen LogP contribution in [-0.4, -0.2) is 10.9 Å². The molecule has 5 heteroatoms. The average Bonchev–Trinajstić information content (AvgIpc) is 2.69. The molecule has 1 aromatic heterocycles. The van der Waals surface area contributed by atoms with Gasteiger partial charge in [0.15, 0.2) is 5.13 Å². The average molecular weight is 271 g/mol. The Morgan fingerprint density at radius 1 is 1.37 bits per heavy atom. The van der Waals surface area contributed by atoms with Gasteiger partial charge in [-0.05, 0) is 19.1 Å². The third kappa shape index (κ3) is 3.33. The second kappa shape index (κ2) is 5.55. The Morgan fingerprint density at radius 3 is 2.58 bits per heavy atom. The maximum atomic E-state index is 10.6. The number of nitrogen functional groups attached to an aromatic ring is 1. The summed E-state index contributed by atoms with van der Waals surface area (Å²) in [6, 6.07) is 7.65. The Kier molecular flexibility index (Phi) is 3.83. The molecule has 0 spiro atoms. The van der Waals surface area contributed by atoms with Crippen molar-refractivity contribution < 1.29 is 4.79 Å². The van der Waals surface area contributed by atoms with Crippen LogP contribution in [0.3, 0.4) is 0 Å². The van der Waals surface area contributed by atoms with Gasteiger partial charge in [0.05, 0.1) is 12.1 Å². The van der Waals surface area contributed by atoms with Gasteiger partial charge in [0, 0.05) is 16.0 Å². The van der Waals surface area contributed by atoms with Gasteiger partial charge in [-0.3, -0.25) is 4.79 Å². The fourth-order valence-electron chi connectivity index (χ4n) is 1.63. The standard InChI is InChI=1S/C14H13N3OS/c1-9-13(17-14(16)19-9)11-7-5-10(6-8-11)3-2-4-12(15)18/h5-8H,4H2,1H3,(H2,15,18)(H2,16,17). The molecule has 2 aromatic rings. The molecule has 0 aliphatic heterocycles. The summed E-state index contributed by atoms with van der Waals surface area (Å²) in [6.45, 7) is 1.99. The zero-order chi connectivity index (χ0) is 13.8. The zero-order valence-corrected chi connectivity index (χ0v) is 11.3. The van der Waals surface area contributed by atoms with Crippen molar-refractivity contribution in [3.05, 3.63) is 34.7 Å². The van der Waals surface area contributed by atoms with Gasteiger partial charge >= 0.3 is 0 Å². The number of anilines is 1. The van der Waals surface area contributed by atoms with Crippen LogP contribution in [0.4, 0.5) is 5.13 Å². The lowest BCUT2D eigenvalue weighted by molar-refractivity contribution is -0.117. The first-order chi connectivity index (χ1) is 9.06. The molecule has 0 radical (unpaired) electrons. The van der Waals surface area contributed by atoms with Crippen LogP contribution in [0.1, 0.15) is 16.9 Å². The summed E-state index contributed by atoms with van der Waals surface area (Å²) < 4.78 is 0. The molecule has 4 N–H and O–H groups in total. The minimum Gasteiger partial charge on any atom is -0.375 e. The van der Waals surface area contributed by atoms with E-state index < -0.39 is 5.91 Å². The number of aryl methyl sites for hydroxylation is 1. The smallest absolute Gasteiger partial charge is 0.229 e. The number of benzene rings is 1. The normalized spacial score (nSPS) is 9.74. The fourth-order valence-corrected chi connectivity index (χ4v) is 2.34. The third-order valence-corrected chi connectivity index (χ3v) is 3.27. The monoisotopic (exact) mass is 271 g/mol. The maximum absolute atomic E-state index is 10.6. The molecule has 0 unspecified atom stereocenters. The molecule has 4 nitrogen and oxygen atoms in total. The summed E-state index contributed by atoms with van der Waals surface area (Å²) in [7, 11) is 0. The number of primary amides is 1. The highest BCUT2D eigenvalue weighted by atomic mass is 32.1. The number of amides is 1. The van der Waals surface area contributed by atoms with Crippen molar-refractivity contribution in [3.8, 4) is 23.1 Å². The number of nitrogens with two attached hydrogens (primary N) is 2. The highest BCUT2D eigenvalue weighted by Crippen LogP contribution is 2.28. The molecule has 1 heterocycles. The SMILES string of the molecule is Cc1sc(N)nc1-c1ccc(C#CCC(N)=O)cc1. The summed E-state index contributed by atoms with van der Waals surface area (Å²) in [5.41, 5.74) is 13.4. The molecule has 0 bridgehead atoms. The van der Waals surface area contributed by atoms with Crippen molar-refractivity contribution in [1.82, 2.24) is 4.98 Å². The Hall–Kier alpha value is -2.32. The van der Waals surface area contributed by atoms with Crippen molar-refractivity contribution >= 4 is 22.4 Å². The number of aromatic nitrogens is 1. The lowest BCUT2D eigenvalue weighted by Crippen LogP contribution is -2.08. The van der Waals surface area contributed by atoms with Crippen molar-refractivity contribution in [3.63, 3.8) is 0 Å². The van der Waals surface area contributed by atoms with Gasteiger partial charge in [0.25, 0.3) is 0 Å². The second-order valence-electron chi connectivity index (χ2n) is 3.98.